The van der Waals surface area contributed by atoms with E-state index in [9.17, 15) is 9.59 Å². The van der Waals surface area contributed by atoms with Gasteiger partial charge in [-0.1, -0.05) is 66.7 Å². The van der Waals surface area contributed by atoms with Gasteiger partial charge in [0, 0.05) is 17.4 Å². The van der Waals surface area contributed by atoms with E-state index in [1.54, 1.807) is 9.80 Å². The van der Waals surface area contributed by atoms with Crippen molar-refractivity contribution in [3.63, 3.8) is 0 Å². The SMILES string of the molecule is CC1Cc2ccccc2N1C(=O)C(=O)N(Cc1ccccc1)c1ccccc1. The first-order valence-electron chi connectivity index (χ1n) is 9.47. The van der Waals surface area contributed by atoms with E-state index in [0.29, 0.717) is 12.2 Å². The zero-order valence-electron chi connectivity index (χ0n) is 15.8. The van der Waals surface area contributed by atoms with Crippen molar-refractivity contribution in [2.75, 3.05) is 9.80 Å². The molecule has 28 heavy (non-hydrogen) atoms. The van der Waals surface area contributed by atoms with Gasteiger partial charge in [-0.05, 0) is 42.7 Å². The molecule has 0 fully saturated rings. The van der Waals surface area contributed by atoms with Crippen molar-refractivity contribution in [1.29, 1.82) is 0 Å². The topological polar surface area (TPSA) is 40.6 Å². The fraction of sp³-hybridized carbons (Fsp3) is 0.167. The molecule has 4 nitrogen and oxygen atoms in total. The molecule has 1 atom stereocenters. The smallest absolute Gasteiger partial charge is 0.301 e. The van der Waals surface area contributed by atoms with E-state index in [2.05, 4.69) is 0 Å². The van der Waals surface area contributed by atoms with Crippen LogP contribution in [-0.2, 0) is 22.6 Å². The van der Waals surface area contributed by atoms with Gasteiger partial charge in [-0.25, -0.2) is 0 Å². The van der Waals surface area contributed by atoms with Crippen molar-refractivity contribution in [1.82, 2.24) is 0 Å². The number of benzene rings is 3. The monoisotopic (exact) mass is 370 g/mol. The summed E-state index contributed by atoms with van der Waals surface area (Å²) in [7, 11) is 0. The Morgan fingerprint density at radius 1 is 0.893 bits per heavy atom. The van der Waals surface area contributed by atoms with E-state index in [0.717, 1.165) is 23.2 Å². The molecular weight excluding hydrogens is 348 g/mol. The minimum atomic E-state index is -0.515. The molecule has 0 radical (unpaired) electrons. The van der Waals surface area contributed by atoms with E-state index < -0.39 is 11.8 Å². The molecule has 1 aliphatic rings. The summed E-state index contributed by atoms with van der Waals surface area (Å²) in [5.41, 5.74) is 3.62. The van der Waals surface area contributed by atoms with Gasteiger partial charge in [0.05, 0.1) is 6.54 Å². The summed E-state index contributed by atoms with van der Waals surface area (Å²) in [5, 5.41) is 0. The van der Waals surface area contributed by atoms with Crippen molar-refractivity contribution < 1.29 is 9.59 Å². The second-order valence-corrected chi connectivity index (χ2v) is 7.07. The predicted molar refractivity (Wildman–Crippen MR) is 111 cm³/mol. The van der Waals surface area contributed by atoms with Crippen LogP contribution in [0.3, 0.4) is 0 Å². The summed E-state index contributed by atoms with van der Waals surface area (Å²) >= 11 is 0. The number of anilines is 2. The second-order valence-electron chi connectivity index (χ2n) is 7.07. The molecule has 0 aromatic heterocycles. The largest absolute Gasteiger partial charge is 0.317 e. The van der Waals surface area contributed by atoms with Crippen LogP contribution in [0.4, 0.5) is 11.4 Å². The first-order valence-corrected chi connectivity index (χ1v) is 9.47. The minimum absolute atomic E-state index is 0.0387. The van der Waals surface area contributed by atoms with Crippen LogP contribution in [0.5, 0.6) is 0 Å². The van der Waals surface area contributed by atoms with Crippen LogP contribution < -0.4 is 9.80 Å². The Balaban J connectivity index is 1.66. The number of fused-ring (bicyclic) bond motifs is 1. The number of hydrogen-bond acceptors (Lipinski definition) is 2. The molecule has 4 rings (SSSR count). The molecule has 1 heterocycles. The van der Waals surface area contributed by atoms with Crippen LogP contribution in [0.25, 0.3) is 0 Å². The summed E-state index contributed by atoms with van der Waals surface area (Å²) in [4.78, 5) is 29.8. The molecule has 1 aliphatic heterocycles. The van der Waals surface area contributed by atoms with E-state index in [-0.39, 0.29) is 6.04 Å². The quantitative estimate of drug-likeness (QED) is 0.649. The first kappa shape index (κ1) is 18.0. The normalized spacial score (nSPS) is 15.2. The van der Waals surface area contributed by atoms with E-state index >= 15 is 0 Å². The molecular formula is C24H22N2O2. The lowest BCUT2D eigenvalue weighted by atomic mass is 10.1. The third-order valence-electron chi connectivity index (χ3n) is 5.11. The molecule has 1 unspecified atom stereocenters. The van der Waals surface area contributed by atoms with E-state index in [1.165, 1.54) is 0 Å². The standard InChI is InChI=1S/C24H22N2O2/c1-18-16-20-12-8-9-15-22(20)26(18)24(28)23(27)25(21-13-6-3-7-14-21)17-19-10-4-2-5-11-19/h2-15,18H,16-17H2,1H3. The van der Waals surface area contributed by atoms with Crippen LogP contribution in [0.2, 0.25) is 0 Å². The lowest BCUT2D eigenvalue weighted by Gasteiger charge is -2.27. The first-order chi connectivity index (χ1) is 13.6. The number of carbonyl (C=O) groups is 2. The molecule has 0 N–H and O–H groups in total. The molecule has 3 aromatic rings. The number of carbonyl (C=O) groups excluding carboxylic acids is 2. The number of nitrogens with zero attached hydrogens (tertiary/aromatic N) is 2. The fourth-order valence-corrected chi connectivity index (χ4v) is 3.75. The number of hydrogen-bond donors (Lipinski definition) is 0. The zero-order chi connectivity index (χ0) is 19.5. The Morgan fingerprint density at radius 2 is 1.50 bits per heavy atom. The van der Waals surface area contributed by atoms with Crippen molar-refractivity contribution in [2.24, 2.45) is 0 Å². The Morgan fingerprint density at radius 3 is 2.21 bits per heavy atom. The van der Waals surface area contributed by atoms with Gasteiger partial charge < -0.3 is 4.90 Å². The van der Waals surface area contributed by atoms with Crippen LogP contribution in [0.1, 0.15) is 18.1 Å². The lowest BCUT2D eigenvalue weighted by Crippen LogP contribution is -2.47. The third kappa shape index (κ3) is 3.41. The van der Waals surface area contributed by atoms with Gasteiger partial charge in [0.15, 0.2) is 0 Å². The summed E-state index contributed by atoms with van der Waals surface area (Å²) < 4.78 is 0. The van der Waals surface area contributed by atoms with Gasteiger partial charge in [0.2, 0.25) is 0 Å². The molecule has 140 valence electrons. The summed E-state index contributed by atoms with van der Waals surface area (Å²) in [5.74, 6) is -1.00. The van der Waals surface area contributed by atoms with Gasteiger partial charge in [-0.3, -0.25) is 14.5 Å². The average Bonchev–Trinajstić information content (AvgIpc) is 3.08. The average molecular weight is 370 g/mol. The van der Waals surface area contributed by atoms with Gasteiger partial charge >= 0.3 is 11.8 Å². The van der Waals surface area contributed by atoms with Crippen LogP contribution >= 0.6 is 0 Å². The highest BCUT2D eigenvalue weighted by Gasteiger charge is 2.36. The molecule has 0 saturated heterocycles. The van der Waals surface area contributed by atoms with Crippen LogP contribution in [-0.4, -0.2) is 17.9 Å². The summed E-state index contributed by atoms with van der Waals surface area (Å²) in [6.45, 7) is 2.33. The van der Waals surface area contributed by atoms with Gasteiger partial charge in [0.25, 0.3) is 0 Å². The molecule has 4 heteroatoms. The minimum Gasteiger partial charge on any atom is -0.301 e. The van der Waals surface area contributed by atoms with Gasteiger partial charge in [0.1, 0.15) is 0 Å². The van der Waals surface area contributed by atoms with Crippen LogP contribution in [0, 0.1) is 0 Å². The second kappa shape index (κ2) is 7.69. The predicted octanol–water partition coefficient (Wildman–Crippen LogP) is 4.20. The Bertz CT molecular complexity index is 986. The lowest BCUT2D eigenvalue weighted by molar-refractivity contribution is -0.136. The number of amides is 2. The molecule has 0 bridgehead atoms. The van der Waals surface area contributed by atoms with E-state index in [4.69, 9.17) is 0 Å². The van der Waals surface area contributed by atoms with E-state index in [1.807, 2.05) is 91.9 Å². The van der Waals surface area contributed by atoms with Crippen molar-refractivity contribution in [2.45, 2.75) is 25.9 Å². The zero-order valence-corrected chi connectivity index (χ0v) is 15.8. The highest BCUT2D eigenvalue weighted by Crippen LogP contribution is 2.32. The molecule has 2 amide bonds. The van der Waals surface area contributed by atoms with Crippen molar-refractivity contribution >= 4 is 23.2 Å². The van der Waals surface area contributed by atoms with Gasteiger partial charge in [-0.15, -0.1) is 0 Å². The fourth-order valence-electron chi connectivity index (χ4n) is 3.75. The maximum absolute atomic E-state index is 13.3. The Kier molecular flexibility index (Phi) is 4.94. The summed E-state index contributed by atoms with van der Waals surface area (Å²) in [6, 6.07) is 26.8. The van der Waals surface area contributed by atoms with Gasteiger partial charge in [-0.2, -0.15) is 0 Å². The molecule has 0 saturated carbocycles. The maximum atomic E-state index is 13.3. The molecule has 0 spiro atoms. The number of rotatable bonds is 3. The third-order valence-corrected chi connectivity index (χ3v) is 5.11. The van der Waals surface area contributed by atoms with Crippen molar-refractivity contribution in [3.8, 4) is 0 Å². The Labute approximate surface area is 165 Å². The molecule has 0 aliphatic carbocycles. The molecule has 3 aromatic carbocycles. The highest BCUT2D eigenvalue weighted by molar-refractivity contribution is 6.45. The summed E-state index contributed by atoms with van der Waals surface area (Å²) in [6.07, 6.45) is 0.763. The van der Waals surface area contributed by atoms with Crippen LogP contribution in [0.15, 0.2) is 84.9 Å². The maximum Gasteiger partial charge on any atom is 0.317 e. The highest BCUT2D eigenvalue weighted by atomic mass is 16.2. The van der Waals surface area contributed by atoms with Crippen molar-refractivity contribution in [3.05, 3.63) is 96.1 Å². The Hall–Kier alpha value is -3.40. The number of para-hydroxylation sites is 2.